The van der Waals surface area contributed by atoms with E-state index in [-0.39, 0.29) is 13.0 Å². The summed E-state index contributed by atoms with van der Waals surface area (Å²) in [5, 5.41) is 6.51. The Morgan fingerprint density at radius 1 is 1.17 bits per heavy atom. The lowest BCUT2D eigenvalue weighted by Gasteiger charge is -2.08. The van der Waals surface area contributed by atoms with Gasteiger partial charge in [0, 0.05) is 18.2 Å². The van der Waals surface area contributed by atoms with Crippen LogP contribution in [0.2, 0.25) is 0 Å². The molecule has 0 saturated heterocycles. The molecule has 0 atom stereocenters. The number of carbonyl (C=O) groups is 3. The highest BCUT2D eigenvalue weighted by atomic mass is 16.6. The lowest BCUT2D eigenvalue weighted by molar-refractivity contribution is -0.148. The molecule has 0 aliphatic carbocycles. The maximum atomic E-state index is 12.0. The number of aryl methyl sites for hydroxylation is 1. The summed E-state index contributed by atoms with van der Waals surface area (Å²) in [5.41, 5.74) is 3.50. The number of rotatable bonds is 8. The number of nitrogens with zero attached hydrogens (tertiary/aromatic N) is 2. The molecule has 2 aromatic rings. The van der Waals surface area contributed by atoms with Crippen molar-refractivity contribution >= 4 is 18.0 Å². The van der Waals surface area contributed by atoms with Crippen molar-refractivity contribution < 1.29 is 28.6 Å². The highest BCUT2D eigenvalue weighted by Crippen LogP contribution is 2.22. The summed E-state index contributed by atoms with van der Waals surface area (Å²) in [7, 11) is 1.60. The quantitative estimate of drug-likeness (QED) is 0.673. The Morgan fingerprint density at radius 3 is 2.62 bits per heavy atom. The normalized spacial score (nSPS) is 10.3. The molecule has 29 heavy (non-hydrogen) atoms. The largest absolute Gasteiger partial charge is 0.497 e. The van der Waals surface area contributed by atoms with E-state index in [4.69, 9.17) is 9.47 Å². The summed E-state index contributed by atoms with van der Waals surface area (Å²) < 4.78 is 16.5. The van der Waals surface area contributed by atoms with E-state index in [1.807, 2.05) is 43.4 Å². The van der Waals surface area contributed by atoms with E-state index in [0.717, 1.165) is 28.4 Å². The van der Waals surface area contributed by atoms with Crippen LogP contribution in [0.3, 0.4) is 0 Å². The van der Waals surface area contributed by atoms with Crippen molar-refractivity contribution in [2.24, 2.45) is 0 Å². The van der Waals surface area contributed by atoms with Gasteiger partial charge in [-0.2, -0.15) is 5.10 Å². The van der Waals surface area contributed by atoms with Crippen LogP contribution in [0.4, 0.5) is 4.79 Å². The molecule has 0 bridgehead atoms. The molecular formula is C20H25N3O6. The zero-order valence-corrected chi connectivity index (χ0v) is 17.0. The summed E-state index contributed by atoms with van der Waals surface area (Å²) in [6.07, 6.45) is -0.372. The first-order chi connectivity index (χ1) is 13.8. The third-order valence-corrected chi connectivity index (χ3v) is 4.20. The zero-order valence-electron chi connectivity index (χ0n) is 17.0. The van der Waals surface area contributed by atoms with Crippen LogP contribution in [0.1, 0.15) is 30.3 Å². The van der Waals surface area contributed by atoms with E-state index in [1.165, 1.54) is 0 Å². The van der Waals surface area contributed by atoms with Crippen LogP contribution >= 0.6 is 0 Å². The topological polar surface area (TPSA) is 109 Å². The summed E-state index contributed by atoms with van der Waals surface area (Å²) in [4.78, 5) is 34.6. The van der Waals surface area contributed by atoms with E-state index in [2.05, 4.69) is 9.84 Å². The molecule has 1 heterocycles. The summed E-state index contributed by atoms with van der Waals surface area (Å²) >= 11 is 0. The van der Waals surface area contributed by atoms with Crippen molar-refractivity contribution in [2.75, 3.05) is 20.3 Å². The summed E-state index contributed by atoms with van der Waals surface area (Å²) in [6, 6.07) is 7.52. The number of hydrogen-bond acceptors (Lipinski definition) is 7. The van der Waals surface area contributed by atoms with Gasteiger partial charge in [0.05, 0.1) is 25.1 Å². The third-order valence-electron chi connectivity index (χ3n) is 4.20. The fraction of sp³-hybridized carbons (Fsp3) is 0.400. The molecule has 0 unspecified atom stereocenters. The fourth-order valence-electron chi connectivity index (χ4n) is 2.79. The van der Waals surface area contributed by atoms with E-state index in [0.29, 0.717) is 6.42 Å². The minimum Gasteiger partial charge on any atom is -0.497 e. The number of aromatic nitrogens is 2. The van der Waals surface area contributed by atoms with Crippen LogP contribution in [0.25, 0.3) is 5.69 Å². The van der Waals surface area contributed by atoms with Crippen LogP contribution in [0, 0.1) is 13.8 Å². The maximum Gasteiger partial charge on any atom is 0.413 e. The predicted molar refractivity (Wildman–Crippen MR) is 104 cm³/mol. The van der Waals surface area contributed by atoms with Crippen LogP contribution < -0.4 is 10.1 Å². The number of nitrogens with one attached hydrogen (secondary N) is 1. The molecule has 0 spiro atoms. The lowest BCUT2D eigenvalue weighted by atomic mass is 10.1. The van der Waals surface area contributed by atoms with Gasteiger partial charge in [-0.3, -0.25) is 14.9 Å². The van der Waals surface area contributed by atoms with Gasteiger partial charge in [-0.1, -0.05) is 6.07 Å². The molecule has 2 rings (SSSR count). The van der Waals surface area contributed by atoms with E-state index in [9.17, 15) is 14.4 Å². The summed E-state index contributed by atoms with van der Waals surface area (Å²) in [5.74, 6) is -0.562. The molecule has 1 aromatic carbocycles. The van der Waals surface area contributed by atoms with Crippen LogP contribution in [-0.4, -0.2) is 48.1 Å². The van der Waals surface area contributed by atoms with Gasteiger partial charge in [-0.05, 0) is 44.9 Å². The van der Waals surface area contributed by atoms with Crippen molar-refractivity contribution in [3.05, 3.63) is 41.2 Å². The van der Waals surface area contributed by atoms with Gasteiger partial charge < -0.3 is 14.2 Å². The van der Waals surface area contributed by atoms with Gasteiger partial charge in [0.15, 0.2) is 6.61 Å². The first-order valence-electron chi connectivity index (χ1n) is 9.17. The molecular weight excluding hydrogens is 378 g/mol. The first kappa shape index (κ1) is 21.9. The Hall–Kier alpha value is -3.36. The molecule has 0 aliphatic rings. The number of esters is 1. The molecule has 1 aromatic heterocycles. The Bertz CT molecular complexity index is 890. The second-order valence-electron chi connectivity index (χ2n) is 6.19. The van der Waals surface area contributed by atoms with Gasteiger partial charge in [0.1, 0.15) is 5.75 Å². The minimum absolute atomic E-state index is 0.0815. The number of hydrogen-bond donors (Lipinski definition) is 1. The SMILES string of the molecule is CCOC(=O)NC(=O)COC(=O)CCc1c(C)nn(-c2cccc(OC)c2)c1C. The Kier molecular flexibility index (Phi) is 7.76. The smallest absolute Gasteiger partial charge is 0.413 e. The number of alkyl carbamates (subject to hydrolysis) is 1. The van der Waals surface area contributed by atoms with Crippen molar-refractivity contribution in [3.8, 4) is 11.4 Å². The minimum atomic E-state index is -0.871. The highest BCUT2D eigenvalue weighted by Gasteiger charge is 2.16. The number of imide groups is 1. The fourth-order valence-corrected chi connectivity index (χ4v) is 2.79. The molecule has 1 N–H and O–H groups in total. The number of benzene rings is 1. The van der Waals surface area contributed by atoms with Crippen molar-refractivity contribution in [1.82, 2.24) is 15.1 Å². The molecule has 9 nitrogen and oxygen atoms in total. The molecule has 156 valence electrons. The standard InChI is InChI=1S/C20H25N3O6/c1-5-28-20(26)21-18(24)12-29-19(25)10-9-17-13(2)22-23(14(17)3)15-7-6-8-16(11-15)27-4/h6-8,11H,5,9-10,12H2,1-4H3,(H,21,24,26). The molecule has 2 amide bonds. The van der Waals surface area contributed by atoms with E-state index < -0.39 is 24.6 Å². The number of ether oxygens (including phenoxy) is 3. The highest BCUT2D eigenvalue weighted by molar-refractivity contribution is 5.93. The maximum absolute atomic E-state index is 12.0. The van der Waals surface area contributed by atoms with Crippen molar-refractivity contribution in [3.63, 3.8) is 0 Å². The van der Waals surface area contributed by atoms with Crippen LogP contribution in [0.5, 0.6) is 5.75 Å². The monoisotopic (exact) mass is 403 g/mol. The third kappa shape index (κ3) is 6.06. The van der Waals surface area contributed by atoms with Crippen LogP contribution in [0.15, 0.2) is 24.3 Å². The second-order valence-corrected chi connectivity index (χ2v) is 6.19. The first-order valence-corrected chi connectivity index (χ1v) is 9.17. The Balaban J connectivity index is 1.94. The predicted octanol–water partition coefficient (Wildman–Crippen LogP) is 2.25. The second kappa shape index (κ2) is 10.3. The average Bonchev–Trinajstić information content (AvgIpc) is 2.98. The number of methoxy groups -OCH3 is 1. The number of amides is 2. The lowest BCUT2D eigenvalue weighted by Crippen LogP contribution is -2.34. The van der Waals surface area contributed by atoms with Gasteiger partial charge >= 0.3 is 12.1 Å². The van der Waals surface area contributed by atoms with Crippen LogP contribution in [-0.2, 0) is 25.5 Å². The van der Waals surface area contributed by atoms with Gasteiger partial charge in [0.25, 0.3) is 5.91 Å². The number of carbonyl (C=O) groups excluding carboxylic acids is 3. The van der Waals surface area contributed by atoms with Crippen molar-refractivity contribution in [1.29, 1.82) is 0 Å². The van der Waals surface area contributed by atoms with E-state index in [1.54, 1.807) is 18.7 Å². The molecule has 0 aliphatic heterocycles. The van der Waals surface area contributed by atoms with Crippen molar-refractivity contribution in [2.45, 2.75) is 33.6 Å². The van der Waals surface area contributed by atoms with Gasteiger partial charge in [-0.15, -0.1) is 0 Å². The van der Waals surface area contributed by atoms with Gasteiger partial charge in [0.2, 0.25) is 0 Å². The zero-order chi connectivity index (χ0) is 21.4. The summed E-state index contributed by atoms with van der Waals surface area (Å²) in [6.45, 7) is 5.01. The average molecular weight is 403 g/mol. The molecule has 9 heteroatoms. The van der Waals surface area contributed by atoms with E-state index >= 15 is 0 Å². The Morgan fingerprint density at radius 2 is 1.93 bits per heavy atom. The molecule has 0 fully saturated rings. The molecule has 0 saturated carbocycles. The molecule has 0 radical (unpaired) electrons. The Labute approximate surface area is 168 Å². The van der Waals surface area contributed by atoms with Gasteiger partial charge in [-0.25, -0.2) is 9.48 Å².